The van der Waals surface area contributed by atoms with Crippen LogP contribution in [-0.4, -0.2) is 12.5 Å². The van der Waals surface area contributed by atoms with Crippen molar-refractivity contribution in [3.05, 3.63) is 54.0 Å². The summed E-state index contributed by atoms with van der Waals surface area (Å²) >= 11 is 0. The second-order valence-electron chi connectivity index (χ2n) is 4.39. The molecular weight excluding hydrogens is 266 g/mol. The van der Waals surface area contributed by atoms with E-state index >= 15 is 0 Å². The summed E-state index contributed by atoms with van der Waals surface area (Å²) in [7, 11) is 0. The van der Waals surface area contributed by atoms with Gasteiger partial charge in [-0.05, 0) is 31.2 Å². The molecule has 0 aliphatic carbocycles. The number of benzene rings is 1. The summed E-state index contributed by atoms with van der Waals surface area (Å²) in [5.41, 5.74) is -0.420. The van der Waals surface area contributed by atoms with Crippen molar-refractivity contribution in [1.29, 1.82) is 0 Å². The first-order valence-corrected chi connectivity index (χ1v) is 6.18. The van der Waals surface area contributed by atoms with Crippen molar-refractivity contribution < 1.29 is 23.3 Å². The second kappa shape index (κ2) is 6.29. The van der Waals surface area contributed by atoms with Crippen LogP contribution in [0.25, 0.3) is 0 Å². The first-order valence-electron chi connectivity index (χ1n) is 6.18. The fraction of sp³-hybridized carbons (Fsp3) is 0.214. The Morgan fingerprint density at radius 2 is 2.00 bits per heavy atom. The molecule has 3 N–H and O–H groups in total. The van der Waals surface area contributed by atoms with E-state index in [0.29, 0.717) is 0 Å². The first kappa shape index (κ1) is 14.2. The van der Waals surface area contributed by atoms with E-state index in [1.165, 1.54) is 6.07 Å². The third kappa shape index (κ3) is 3.42. The molecular formula is C14H15F2N2O2+. The fourth-order valence-electron chi connectivity index (χ4n) is 1.76. The van der Waals surface area contributed by atoms with E-state index in [2.05, 4.69) is 5.32 Å². The molecule has 1 amide bonds. The van der Waals surface area contributed by atoms with Crippen LogP contribution < -0.4 is 10.6 Å². The normalized spacial score (nSPS) is 12.2. The second-order valence-corrected chi connectivity index (χ2v) is 4.39. The number of carbonyl (C=O) groups is 1. The van der Waals surface area contributed by atoms with Gasteiger partial charge in [0.15, 0.2) is 12.3 Å². The molecule has 0 aliphatic rings. The molecule has 2 rings (SSSR count). The van der Waals surface area contributed by atoms with Crippen LogP contribution in [0.4, 0.5) is 14.5 Å². The quantitative estimate of drug-likeness (QED) is 0.878. The van der Waals surface area contributed by atoms with Crippen molar-refractivity contribution in [3.63, 3.8) is 0 Å². The number of rotatable bonds is 5. The van der Waals surface area contributed by atoms with Crippen LogP contribution in [0, 0.1) is 11.6 Å². The lowest BCUT2D eigenvalue weighted by atomic mass is 10.2. The molecule has 20 heavy (non-hydrogen) atoms. The zero-order valence-corrected chi connectivity index (χ0v) is 10.9. The molecule has 1 aromatic heterocycles. The van der Waals surface area contributed by atoms with Gasteiger partial charge in [0.25, 0.3) is 5.91 Å². The van der Waals surface area contributed by atoms with E-state index < -0.39 is 23.2 Å². The number of nitrogens with two attached hydrogens (primary N) is 1. The number of amides is 1. The van der Waals surface area contributed by atoms with Gasteiger partial charge >= 0.3 is 0 Å². The lowest BCUT2D eigenvalue weighted by molar-refractivity contribution is -0.684. The van der Waals surface area contributed by atoms with E-state index in [4.69, 9.17) is 4.42 Å². The third-order valence-electron chi connectivity index (χ3n) is 2.88. The maximum atomic E-state index is 13.4. The SMILES string of the molecule is C[C@@H]([NH2+]CC(=O)Nc1c(F)cccc1F)c1ccco1. The highest BCUT2D eigenvalue weighted by atomic mass is 19.1. The summed E-state index contributed by atoms with van der Waals surface area (Å²) in [5.74, 6) is -1.34. The van der Waals surface area contributed by atoms with Gasteiger partial charge in [0, 0.05) is 0 Å². The highest BCUT2D eigenvalue weighted by molar-refractivity contribution is 5.91. The van der Waals surface area contributed by atoms with Gasteiger partial charge in [0.05, 0.1) is 6.26 Å². The van der Waals surface area contributed by atoms with Gasteiger partial charge in [0.1, 0.15) is 23.4 Å². The van der Waals surface area contributed by atoms with Crippen molar-refractivity contribution in [2.75, 3.05) is 11.9 Å². The third-order valence-corrected chi connectivity index (χ3v) is 2.88. The average molecular weight is 281 g/mol. The monoisotopic (exact) mass is 281 g/mol. The zero-order chi connectivity index (χ0) is 14.5. The maximum Gasteiger partial charge on any atom is 0.279 e. The predicted octanol–water partition coefficient (Wildman–Crippen LogP) is 1.82. The van der Waals surface area contributed by atoms with E-state index in [-0.39, 0.29) is 12.6 Å². The number of para-hydroxylation sites is 1. The van der Waals surface area contributed by atoms with Crippen molar-refractivity contribution in [2.45, 2.75) is 13.0 Å². The molecule has 6 heteroatoms. The minimum absolute atomic E-state index is 0.0373. The Hall–Kier alpha value is -2.21. The predicted molar refractivity (Wildman–Crippen MR) is 68.9 cm³/mol. The van der Waals surface area contributed by atoms with Gasteiger partial charge in [-0.1, -0.05) is 6.07 Å². The fourth-order valence-corrected chi connectivity index (χ4v) is 1.76. The maximum absolute atomic E-state index is 13.4. The lowest BCUT2D eigenvalue weighted by Gasteiger charge is -2.09. The number of nitrogens with one attached hydrogen (secondary N) is 1. The van der Waals surface area contributed by atoms with Crippen molar-refractivity contribution in [1.82, 2.24) is 0 Å². The van der Waals surface area contributed by atoms with Crippen LogP contribution in [0.15, 0.2) is 41.0 Å². The number of furan rings is 1. The smallest absolute Gasteiger partial charge is 0.279 e. The molecule has 4 nitrogen and oxygen atoms in total. The summed E-state index contributed by atoms with van der Waals surface area (Å²) in [6, 6.07) is 6.93. The molecule has 0 radical (unpaired) electrons. The van der Waals surface area contributed by atoms with E-state index in [9.17, 15) is 13.6 Å². The number of hydrogen-bond acceptors (Lipinski definition) is 2. The molecule has 2 aromatic rings. The van der Waals surface area contributed by atoms with Crippen LogP contribution in [0.2, 0.25) is 0 Å². The van der Waals surface area contributed by atoms with Gasteiger partial charge in [-0.2, -0.15) is 0 Å². The molecule has 0 fully saturated rings. The van der Waals surface area contributed by atoms with E-state index in [0.717, 1.165) is 17.9 Å². The number of halogens is 2. The van der Waals surface area contributed by atoms with Crippen LogP contribution in [-0.2, 0) is 4.79 Å². The van der Waals surface area contributed by atoms with Crippen molar-refractivity contribution in [2.24, 2.45) is 0 Å². The molecule has 1 aromatic carbocycles. The minimum Gasteiger partial charge on any atom is -0.463 e. The van der Waals surface area contributed by atoms with Gasteiger partial charge in [-0.15, -0.1) is 0 Å². The van der Waals surface area contributed by atoms with Crippen LogP contribution >= 0.6 is 0 Å². The molecule has 0 spiro atoms. The molecule has 0 saturated heterocycles. The average Bonchev–Trinajstić information content (AvgIpc) is 2.94. The Morgan fingerprint density at radius 1 is 1.30 bits per heavy atom. The van der Waals surface area contributed by atoms with E-state index in [1.54, 1.807) is 23.7 Å². The summed E-state index contributed by atoms with van der Waals surface area (Å²) in [4.78, 5) is 11.7. The Labute approximate surface area is 114 Å². The summed E-state index contributed by atoms with van der Waals surface area (Å²) in [6.45, 7) is 1.91. The van der Waals surface area contributed by atoms with Gasteiger partial charge in [-0.3, -0.25) is 4.79 Å². The van der Waals surface area contributed by atoms with Crippen LogP contribution in [0.1, 0.15) is 18.7 Å². The van der Waals surface area contributed by atoms with Gasteiger partial charge < -0.3 is 15.1 Å². The Kier molecular flexibility index (Phi) is 4.47. The Balaban J connectivity index is 1.90. The van der Waals surface area contributed by atoms with Crippen molar-refractivity contribution >= 4 is 11.6 Å². The standard InChI is InChI=1S/C14H14F2N2O2/c1-9(12-6-3-7-20-12)17-8-13(19)18-14-10(15)4-2-5-11(14)16/h2-7,9,17H,8H2,1H3,(H,18,19)/p+1/t9-/m1/s1. The molecule has 0 saturated carbocycles. The molecule has 1 atom stereocenters. The molecule has 1 heterocycles. The molecule has 0 aliphatic heterocycles. The lowest BCUT2D eigenvalue weighted by Crippen LogP contribution is -2.86. The molecule has 0 bridgehead atoms. The van der Waals surface area contributed by atoms with E-state index in [1.807, 2.05) is 6.92 Å². The van der Waals surface area contributed by atoms with Gasteiger partial charge in [-0.25, -0.2) is 8.78 Å². The van der Waals surface area contributed by atoms with Crippen LogP contribution in [0.5, 0.6) is 0 Å². The first-order chi connectivity index (χ1) is 9.58. The summed E-state index contributed by atoms with van der Waals surface area (Å²) in [5, 5.41) is 3.94. The van der Waals surface area contributed by atoms with Crippen molar-refractivity contribution in [3.8, 4) is 0 Å². The number of anilines is 1. The summed E-state index contributed by atoms with van der Waals surface area (Å²) < 4.78 is 31.9. The minimum atomic E-state index is -0.794. The van der Waals surface area contributed by atoms with Gasteiger partial charge in [0.2, 0.25) is 0 Å². The largest absolute Gasteiger partial charge is 0.463 e. The Morgan fingerprint density at radius 3 is 2.60 bits per heavy atom. The number of quaternary nitrogens is 1. The zero-order valence-electron chi connectivity index (χ0n) is 10.9. The number of carbonyl (C=O) groups excluding carboxylic acids is 1. The number of hydrogen-bond donors (Lipinski definition) is 2. The summed E-state index contributed by atoms with van der Waals surface area (Å²) in [6.07, 6.45) is 1.55. The van der Waals surface area contributed by atoms with Crippen LogP contribution in [0.3, 0.4) is 0 Å². The molecule has 0 unspecified atom stereocenters. The highest BCUT2D eigenvalue weighted by Gasteiger charge is 2.16. The highest BCUT2D eigenvalue weighted by Crippen LogP contribution is 2.17. The topological polar surface area (TPSA) is 58.9 Å². The molecule has 106 valence electrons. The Bertz CT molecular complexity index is 565.